The average Bonchev–Trinajstić information content (AvgIpc) is 3.25. The molecule has 0 bridgehead atoms. The zero-order chi connectivity index (χ0) is 20.9. The zero-order valence-corrected chi connectivity index (χ0v) is 17.4. The number of hydrogen-bond donors (Lipinski definition) is 1. The summed E-state index contributed by atoms with van der Waals surface area (Å²) < 4.78 is 11.0. The van der Waals surface area contributed by atoms with Crippen LogP contribution in [0.5, 0.6) is 5.75 Å². The largest absolute Gasteiger partial charge is 0.494 e. The zero-order valence-electron chi connectivity index (χ0n) is 16.7. The van der Waals surface area contributed by atoms with E-state index in [1.54, 1.807) is 17.0 Å². The maximum Gasteiger partial charge on any atom is 0.322 e. The Bertz CT molecular complexity index is 1010. The fourth-order valence-corrected chi connectivity index (χ4v) is 3.73. The number of carbonyl (C=O) groups excluding carboxylic acids is 1. The number of ether oxygens (including phenoxy) is 1. The first-order valence-electron chi connectivity index (χ1n) is 10.0. The maximum absolute atomic E-state index is 13.0. The summed E-state index contributed by atoms with van der Waals surface area (Å²) in [6.45, 7) is 3.16. The number of likely N-dealkylation sites (tertiary alicyclic amines) is 1. The van der Waals surface area contributed by atoms with E-state index < -0.39 is 0 Å². The maximum atomic E-state index is 13.0. The topological polar surface area (TPSA) is 80.5 Å². The molecule has 30 heavy (non-hydrogen) atoms. The van der Waals surface area contributed by atoms with Gasteiger partial charge >= 0.3 is 6.03 Å². The Kier molecular flexibility index (Phi) is 6.18. The normalized spacial score (nSPS) is 16.3. The van der Waals surface area contributed by atoms with Crippen molar-refractivity contribution < 1.29 is 14.1 Å². The molecule has 2 aromatic carbocycles. The lowest BCUT2D eigenvalue weighted by Gasteiger charge is -2.33. The predicted octanol–water partition coefficient (Wildman–Crippen LogP) is 5.55. The molecule has 0 spiro atoms. The van der Waals surface area contributed by atoms with Crippen molar-refractivity contribution in [2.24, 2.45) is 0 Å². The molecule has 1 atom stereocenters. The highest BCUT2D eigenvalue weighted by atomic mass is 35.5. The molecular formula is C22H23ClN4O3. The number of urea groups is 1. The third-order valence-electron chi connectivity index (χ3n) is 4.99. The predicted molar refractivity (Wildman–Crippen MR) is 115 cm³/mol. The summed E-state index contributed by atoms with van der Waals surface area (Å²) in [7, 11) is 0. The molecule has 1 fully saturated rings. The summed E-state index contributed by atoms with van der Waals surface area (Å²) in [5.74, 6) is 1.67. The summed E-state index contributed by atoms with van der Waals surface area (Å²) in [5.41, 5.74) is 1.48. The van der Waals surface area contributed by atoms with Crippen LogP contribution in [0.3, 0.4) is 0 Å². The van der Waals surface area contributed by atoms with Crippen LogP contribution in [-0.4, -0.2) is 34.2 Å². The van der Waals surface area contributed by atoms with Gasteiger partial charge in [-0.3, -0.25) is 0 Å². The minimum absolute atomic E-state index is 0.189. The first kappa shape index (κ1) is 20.2. The van der Waals surface area contributed by atoms with Crippen molar-refractivity contribution in [3.05, 3.63) is 59.4 Å². The van der Waals surface area contributed by atoms with Gasteiger partial charge in [0, 0.05) is 22.8 Å². The molecule has 0 aliphatic carbocycles. The van der Waals surface area contributed by atoms with E-state index in [1.165, 1.54) is 0 Å². The van der Waals surface area contributed by atoms with Crippen molar-refractivity contribution in [2.45, 2.75) is 32.2 Å². The number of hydrogen-bond acceptors (Lipinski definition) is 5. The van der Waals surface area contributed by atoms with Crippen molar-refractivity contribution in [2.75, 3.05) is 18.5 Å². The molecule has 2 amide bonds. The number of halogens is 1. The van der Waals surface area contributed by atoms with Gasteiger partial charge in [0.05, 0.1) is 6.61 Å². The highest BCUT2D eigenvalue weighted by Crippen LogP contribution is 2.32. The van der Waals surface area contributed by atoms with Crippen LogP contribution in [0.1, 0.15) is 38.1 Å². The Morgan fingerprint density at radius 1 is 1.27 bits per heavy atom. The van der Waals surface area contributed by atoms with E-state index in [9.17, 15) is 4.79 Å². The van der Waals surface area contributed by atoms with Crippen LogP contribution in [0.4, 0.5) is 10.5 Å². The molecule has 2 heterocycles. The molecule has 1 aromatic heterocycles. The highest BCUT2D eigenvalue weighted by molar-refractivity contribution is 6.30. The summed E-state index contributed by atoms with van der Waals surface area (Å²) >= 11 is 6.06. The lowest BCUT2D eigenvalue weighted by molar-refractivity contribution is 0.142. The van der Waals surface area contributed by atoms with Crippen LogP contribution in [0, 0.1) is 0 Å². The van der Waals surface area contributed by atoms with Gasteiger partial charge in [0.1, 0.15) is 11.8 Å². The summed E-state index contributed by atoms with van der Waals surface area (Å²) in [6.07, 6.45) is 2.70. The van der Waals surface area contributed by atoms with Crippen LogP contribution >= 0.6 is 11.6 Å². The summed E-state index contributed by atoms with van der Waals surface area (Å²) in [4.78, 5) is 19.3. The van der Waals surface area contributed by atoms with Gasteiger partial charge in [0.15, 0.2) is 0 Å². The molecule has 3 aromatic rings. The Labute approximate surface area is 180 Å². The van der Waals surface area contributed by atoms with Crippen LogP contribution in [0.2, 0.25) is 5.02 Å². The third-order valence-corrected chi connectivity index (χ3v) is 5.22. The number of benzene rings is 2. The highest BCUT2D eigenvalue weighted by Gasteiger charge is 2.32. The third kappa shape index (κ3) is 4.57. The number of carbonyl (C=O) groups is 1. The van der Waals surface area contributed by atoms with Crippen molar-refractivity contribution in [3.63, 3.8) is 0 Å². The number of piperidine rings is 1. The van der Waals surface area contributed by atoms with Crippen molar-refractivity contribution >= 4 is 23.3 Å². The van der Waals surface area contributed by atoms with E-state index in [2.05, 4.69) is 15.5 Å². The Balaban J connectivity index is 1.49. The van der Waals surface area contributed by atoms with Crippen LogP contribution in [-0.2, 0) is 0 Å². The number of amides is 2. The number of aromatic nitrogens is 2. The van der Waals surface area contributed by atoms with Gasteiger partial charge in [-0.15, -0.1) is 0 Å². The van der Waals surface area contributed by atoms with Crippen molar-refractivity contribution in [3.8, 4) is 17.1 Å². The number of nitrogens with zero attached hydrogens (tertiary/aromatic N) is 3. The first-order valence-corrected chi connectivity index (χ1v) is 10.4. The molecule has 1 aliphatic rings. The minimum atomic E-state index is -0.262. The molecule has 1 unspecified atom stereocenters. The Hall–Kier alpha value is -3.06. The second-order valence-corrected chi connectivity index (χ2v) is 7.50. The number of nitrogens with one attached hydrogen (secondary N) is 1. The Morgan fingerprint density at radius 3 is 2.87 bits per heavy atom. The standard InChI is InChI=1S/C22H23ClN4O3/c1-2-29-18-11-9-17(10-12-18)24-22(28)27-13-4-3-8-19(27)21-25-20(26-30-21)15-6-5-7-16(23)14-15/h5-7,9-12,14,19H,2-4,8,13H2,1H3,(H,24,28). The fraction of sp³-hybridized carbons (Fsp3) is 0.318. The average molecular weight is 427 g/mol. The van der Waals surface area contributed by atoms with Gasteiger partial charge in [0.2, 0.25) is 11.7 Å². The van der Waals surface area contributed by atoms with Gasteiger partial charge in [-0.25, -0.2) is 4.79 Å². The molecule has 1 N–H and O–H groups in total. The van der Waals surface area contributed by atoms with E-state index in [0.717, 1.165) is 30.6 Å². The SMILES string of the molecule is CCOc1ccc(NC(=O)N2CCCCC2c2nc(-c3cccc(Cl)c3)no2)cc1. The van der Waals surface area contributed by atoms with Crippen LogP contribution < -0.4 is 10.1 Å². The van der Waals surface area contributed by atoms with Gasteiger partial charge in [-0.1, -0.05) is 28.9 Å². The smallest absolute Gasteiger partial charge is 0.322 e. The van der Waals surface area contributed by atoms with Crippen molar-refractivity contribution in [1.29, 1.82) is 0 Å². The van der Waals surface area contributed by atoms with Crippen LogP contribution in [0.25, 0.3) is 11.4 Å². The molecule has 0 radical (unpaired) electrons. The van der Waals surface area contributed by atoms with E-state index >= 15 is 0 Å². The Morgan fingerprint density at radius 2 is 2.10 bits per heavy atom. The van der Waals surface area contributed by atoms with Crippen molar-refractivity contribution in [1.82, 2.24) is 15.0 Å². The number of anilines is 1. The molecule has 7 nitrogen and oxygen atoms in total. The first-order chi connectivity index (χ1) is 14.6. The second kappa shape index (κ2) is 9.17. The molecule has 0 saturated carbocycles. The molecular weight excluding hydrogens is 404 g/mol. The monoisotopic (exact) mass is 426 g/mol. The quantitative estimate of drug-likeness (QED) is 0.578. The van der Waals surface area contributed by atoms with E-state index in [1.807, 2.05) is 43.3 Å². The van der Waals surface area contributed by atoms with E-state index in [0.29, 0.717) is 35.6 Å². The molecule has 1 saturated heterocycles. The van der Waals surface area contributed by atoms with E-state index in [4.69, 9.17) is 20.9 Å². The van der Waals surface area contributed by atoms with Gasteiger partial charge in [-0.2, -0.15) is 4.98 Å². The van der Waals surface area contributed by atoms with Gasteiger partial charge in [-0.05, 0) is 62.6 Å². The summed E-state index contributed by atoms with van der Waals surface area (Å²) in [5, 5.41) is 7.65. The van der Waals surface area contributed by atoms with Gasteiger partial charge in [0.25, 0.3) is 0 Å². The lowest BCUT2D eigenvalue weighted by Crippen LogP contribution is -2.41. The molecule has 8 heteroatoms. The summed E-state index contributed by atoms with van der Waals surface area (Å²) in [6, 6.07) is 14.2. The molecule has 1 aliphatic heterocycles. The fourth-order valence-electron chi connectivity index (χ4n) is 3.54. The number of rotatable bonds is 5. The minimum Gasteiger partial charge on any atom is -0.494 e. The molecule has 156 valence electrons. The van der Waals surface area contributed by atoms with Gasteiger partial charge < -0.3 is 19.5 Å². The van der Waals surface area contributed by atoms with Crippen LogP contribution in [0.15, 0.2) is 53.1 Å². The second-order valence-electron chi connectivity index (χ2n) is 7.06. The lowest BCUT2D eigenvalue weighted by atomic mass is 10.0. The van der Waals surface area contributed by atoms with E-state index in [-0.39, 0.29) is 12.1 Å². The molecule has 4 rings (SSSR count).